The number of halogens is 1. The number of rotatable bonds is 2. The summed E-state index contributed by atoms with van der Waals surface area (Å²) in [6.45, 7) is 1.63. The first kappa shape index (κ1) is 9.67. The van der Waals surface area contributed by atoms with E-state index in [1.165, 1.54) is 6.07 Å². The third-order valence-corrected chi connectivity index (χ3v) is 1.93. The Morgan fingerprint density at radius 1 is 1.54 bits per heavy atom. The molecule has 1 N–H and O–H groups in total. The predicted octanol–water partition coefficient (Wildman–Crippen LogP) is 2.74. The van der Waals surface area contributed by atoms with E-state index in [1.54, 1.807) is 6.92 Å². The number of aryl methyl sites for hydroxylation is 1. The van der Waals surface area contributed by atoms with E-state index in [0.29, 0.717) is 5.56 Å². The van der Waals surface area contributed by atoms with Crippen LogP contribution < -0.4 is 0 Å². The van der Waals surface area contributed by atoms with Crippen molar-refractivity contribution < 1.29 is 9.90 Å². The summed E-state index contributed by atoms with van der Waals surface area (Å²) < 4.78 is 0. The van der Waals surface area contributed by atoms with E-state index in [9.17, 15) is 9.70 Å². The van der Waals surface area contributed by atoms with Crippen LogP contribution in [-0.2, 0) is 0 Å². The summed E-state index contributed by atoms with van der Waals surface area (Å²) in [4.78, 5) is 20.8. The predicted molar refractivity (Wildman–Crippen MR) is 48.6 cm³/mol. The summed E-state index contributed by atoms with van der Waals surface area (Å²) in [6.07, 6.45) is 0. The Hall–Kier alpha value is -1.42. The number of carboxylic acids is 1. The smallest absolute Gasteiger partial charge is 0.337 e. The van der Waals surface area contributed by atoms with Crippen LogP contribution in [0.4, 0.5) is 5.69 Å². The van der Waals surface area contributed by atoms with Gasteiger partial charge >= 0.3 is 5.97 Å². The number of nitroso groups, excluding NO2 is 1. The Morgan fingerprint density at radius 3 is 2.62 bits per heavy atom. The van der Waals surface area contributed by atoms with Gasteiger partial charge in [-0.05, 0) is 29.8 Å². The monoisotopic (exact) mass is 199 g/mol. The summed E-state index contributed by atoms with van der Waals surface area (Å²) >= 11 is 5.63. The molecule has 0 unspecified atom stereocenters. The van der Waals surface area contributed by atoms with Crippen molar-refractivity contribution in [1.82, 2.24) is 0 Å². The van der Waals surface area contributed by atoms with E-state index in [1.807, 2.05) is 0 Å². The standard InChI is InChI=1S/C8H6ClNO3/c1-4-2-6(9)5(8(11)12)3-7(4)10-13/h2-3H,1H3,(H,11,12). The van der Waals surface area contributed by atoms with Crippen molar-refractivity contribution in [2.24, 2.45) is 5.18 Å². The largest absolute Gasteiger partial charge is 0.478 e. The van der Waals surface area contributed by atoms with Crippen molar-refractivity contribution in [2.45, 2.75) is 6.92 Å². The molecule has 0 saturated heterocycles. The molecule has 0 amide bonds. The number of hydrogen-bond acceptors (Lipinski definition) is 3. The van der Waals surface area contributed by atoms with Gasteiger partial charge in [0.15, 0.2) is 0 Å². The number of carbonyl (C=O) groups is 1. The second-order valence-electron chi connectivity index (χ2n) is 2.51. The zero-order valence-corrected chi connectivity index (χ0v) is 7.50. The van der Waals surface area contributed by atoms with Gasteiger partial charge in [-0.2, -0.15) is 0 Å². The van der Waals surface area contributed by atoms with Gasteiger partial charge in [-0.15, -0.1) is 4.91 Å². The van der Waals surface area contributed by atoms with Gasteiger partial charge in [-0.1, -0.05) is 11.6 Å². The number of hydrogen-bond donors (Lipinski definition) is 1. The molecule has 0 aliphatic rings. The first-order chi connectivity index (χ1) is 6.06. The van der Waals surface area contributed by atoms with Crippen LogP contribution in [0.25, 0.3) is 0 Å². The fourth-order valence-corrected chi connectivity index (χ4v) is 1.22. The molecule has 0 spiro atoms. The van der Waals surface area contributed by atoms with Crippen molar-refractivity contribution in [1.29, 1.82) is 0 Å². The van der Waals surface area contributed by atoms with Crippen LogP contribution in [0.1, 0.15) is 15.9 Å². The molecule has 13 heavy (non-hydrogen) atoms. The van der Waals surface area contributed by atoms with Gasteiger partial charge in [-0.25, -0.2) is 4.79 Å². The van der Waals surface area contributed by atoms with Crippen LogP contribution in [0.5, 0.6) is 0 Å². The van der Waals surface area contributed by atoms with Crippen LogP contribution in [0.2, 0.25) is 5.02 Å². The van der Waals surface area contributed by atoms with Crippen molar-refractivity contribution in [3.05, 3.63) is 33.2 Å². The Labute approximate surface area is 79.1 Å². The Balaban J connectivity index is 3.38. The average Bonchev–Trinajstić information content (AvgIpc) is 2.03. The molecule has 1 aromatic carbocycles. The highest BCUT2D eigenvalue weighted by Gasteiger charge is 2.11. The molecule has 0 saturated carbocycles. The van der Waals surface area contributed by atoms with Crippen molar-refractivity contribution in [3.8, 4) is 0 Å². The van der Waals surface area contributed by atoms with Crippen molar-refractivity contribution >= 4 is 23.3 Å². The molecule has 0 fully saturated rings. The molecule has 0 atom stereocenters. The molecule has 0 aliphatic heterocycles. The number of benzene rings is 1. The Kier molecular flexibility index (Phi) is 2.63. The minimum Gasteiger partial charge on any atom is -0.478 e. The Bertz CT molecular complexity index is 376. The highest BCUT2D eigenvalue weighted by atomic mass is 35.5. The molecule has 5 heteroatoms. The minimum atomic E-state index is -1.17. The van der Waals surface area contributed by atoms with Crippen LogP contribution in [0, 0.1) is 11.8 Å². The summed E-state index contributed by atoms with van der Waals surface area (Å²) in [6, 6.07) is 2.56. The summed E-state index contributed by atoms with van der Waals surface area (Å²) in [5.74, 6) is -1.17. The maximum Gasteiger partial charge on any atom is 0.337 e. The van der Waals surface area contributed by atoms with E-state index in [4.69, 9.17) is 16.7 Å². The zero-order valence-electron chi connectivity index (χ0n) is 6.74. The van der Waals surface area contributed by atoms with Crippen LogP contribution in [-0.4, -0.2) is 11.1 Å². The highest BCUT2D eigenvalue weighted by Crippen LogP contribution is 2.26. The first-order valence-corrected chi connectivity index (χ1v) is 3.81. The summed E-state index contributed by atoms with van der Waals surface area (Å²) in [5, 5.41) is 11.4. The van der Waals surface area contributed by atoms with E-state index in [2.05, 4.69) is 5.18 Å². The lowest BCUT2D eigenvalue weighted by Gasteiger charge is -2.01. The molecule has 68 valence electrons. The van der Waals surface area contributed by atoms with Gasteiger partial charge in [0.1, 0.15) is 5.69 Å². The lowest BCUT2D eigenvalue weighted by molar-refractivity contribution is 0.0697. The second-order valence-corrected chi connectivity index (χ2v) is 2.92. The van der Waals surface area contributed by atoms with Gasteiger partial charge in [0.05, 0.1) is 10.6 Å². The molecular formula is C8H6ClNO3. The SMILES string of the molecule is Cc1cc(Cl)c(C(=O)O)cc1N=O. The van der Waals surface area contributed by atoms with E-state index in [0.717, 1.165) is 6.07 Å². The van der Waals surface area contributed by atoms with E-state index in [-0.39, 0.29) is 16.3 Å². The molecule has 1 rings (SSSR count). The molecular weight excluding hydrogens is 194 g/mol. The van der Waals surface area contributed by atoms with Crippen LogP contribution >= 0.6 is 11.6 Å². The van der Waals surface area contributed by atoms with Crippen molar-refractivity contribution in [2.75, 3.05) is 0 Å². The molecule has 1 aromatic rings. The fourth-order valence-electron chi connectivity index (χ4n) is 0.924. The van der Waals surface area contributed by atoms with Crippen LogP contribution in [0.15, 0.2) is 17.3 Å². The lowest BCUT2D eigenvalue weighted by atomic mass is 10.1. The quantitative estimate of drug-likeness (QED) is 0.745. The maximum absolute atomic E-state index is 10.6. The molecule has 0 heterocycles. The van der Waals surface area contributed by atoms with Crippen molar-refractivity contribution in [3.63, 3.8) is 0 Å². The van der Waals surface area contributed by atoms with E-state index < -0.39 is 5.97 Å². The van der Waals surface area contributed by atoms with Gasteiger partial charge < -0.3 is 5.11 Å². The number of nitrogens with zero attached hydrogens (tertiary/aromatic N) is 1. The van der Waals surface area contributed by atoms with Gasteiger partial charge in [0.25, 0.3) is 0 Å². The summed E-state index contributed by atoms with van der Waals surface area (Å²) in [7, 11) is 0. The zero-order chi connectivity index (χ0) is 10.0. The normalized spacial score (nSPS) is 9.69. The van der Waals surface area contributed by atoms with Crippen LogP contribution in [0.3, 0.4) is 0 Å². The average molecular weight is 200 g/mol. The fraction of sp³-hybridized carbons (Fsp3) is 0.125. The molecule has 0 bridgehead atoms. The second kappa shape index (κ2) is 3.53. The first-order valence-electron chi connectivity index (χ1n) is 3.43. The maximum atomic E-state index is 10.6. The minimum absolute atomic E-state index is 0.0989. The molecule has 0 aromatic heterocycles. The third-order valence-electron chi connectivity index (χ3n) is 1.61. The topological polar surface area (TPSA) is 66.7 Å². The van der Waals surface area contributed by atoms with Gasteiger partial charge in [0.2, 0.25) is 0 Å². The third kappa shape index (κ3) is 1.84. The molecule has 0 radical (unpaired) electrons. The lowest BCUT2D eigenvalue weighted by Crippen LogP contribution is -1.97. The molecule has 4 nitrogen and oxygen atoms in total. The highest BCUT2D eigenvalue weighted by molar-refractivity contribution is 6.33. The number of aromatic carboxylic acids is 1. The Morgan fingerprint density at radius 2 is 2.15 bits per heavy atom. The van der Waals surface area contributed by atoms with E-state index >= 15 is 0 Å². The summed E-state index contributed by atoms with van der Waals surface area (Å²) in [5.41, 5.74) is 0.550. The number of carboxylic acid groups (broad SMARTS) is 1. The van der Waals surface area contributed by atoms with Gasteiger partial charge in [-0.3, -0.25) is 0 Å². The van der Waals surface area contributed by atoms with Gasteiger partial charge in [0, 0.05) is 0 Å². The molecule has 0 aliphatic carbocycles.